The summed E-state index contributed by atoms with van der Waals surface area (Å²) in [6, 6.07) is 4.54. The number of carbonyl (C=O) groups excluding carboxylic acids is 3. The smallest absolute Gasteiger partial charge is 0.408 e. The zero-order valence-corrected chi connectivity index (χ0v) is 26.4. The van der Waals surface area contributed by atoms with Gasteiger partial charge in [-0.25, -0.2) is 14.8 Å². The molecule has 2 bridgehead atoms. The summed E-state index contributed by atoms with van der Waals surface area (Å²) >= 11 is 0. The van der Waals surface area contributed by atoms with E-state index in [-0.39, 0.29) is 59.7 Å². The highest BCUT2D eigenvalue weighted by Gasteiger charge is 2.51. The Morgan fingerprint density at radius 2 is 1.91 bits per heavy atom. The molecule has 2 aliphatic heterocycles. The molecule has 0 radical (unpaired) electrons. The number of alkyl halides is 2. The molecule has 2 fully saturated rings. The second-order valence-electron chi connectivity index (χ2n) is 13.7. The van der Waals surface area contributed by atoms with E-state index in [4.69, 9.17) is 9.47 Å². The number of rotatable bonds is 3. The highest BCUT2D eigenvalue weighted by Crippen LogP contribution is 2.42. The molecule has 2 aromatic rings. The van der Waals surface area contributed by atoms with Crippen molar-refractivity contribution in [3.63, 3.8) is 0 Å². The molecular formula is C33H41F2N5O5. The monoisotopic (exact) mass is 625 g/mol. The minimum Gasteiger partial charge on any atom is -0.471 e. The van der Waals surface area contributed by atoms with Crippen LogP contribution in [0.3, 0.4) is 0 Å². The Bertz CT molecular complexity index is 1520. The molecule has 1 aliphatic carbocycles. The molecule has 12 heteroatoms. The Morgan fingerprint density at radius 1 is 1.16 bits per heavy atom. The van der Waals surface area contributed by atoms with Crippen LogP contribution >= 0.6 is 0 Å². The van der Waals surface area contributed by atoms with Gasteiger partial charge in [0.15, 0.2) is 11.5 Å². The number of Topliss-reactive ketones (excluding diaryl/α,β-unsaturated/α-hetero) is 1. The Kier molecular flexibility index (Phi) is 9.02. The quantitative estimate of drug-likeness (QED) is 0.462. The van der Waals surface area contributed by atoms with E-state index in [9.17, 15) is 19.6 Å². The Hall–Kier alpha value is -3.88. The number of alkyl carbamates (subject to hydrolysis) is 1. The summed E-state index contributed by atoms with van der Waals surface area (Å²) in [5, 5.41) is 12.2. The molecule has 10 nitrogen and oxygen atoms in total. The molecule has 3 heterocycles. The second-order valence-corrected chi connectivity index (χ2v) is 13.7. The summed E-state index contributed by atoms with van der Waals surface area (Å²) < 4.78 is 43.7. The number of ether oxygens (including phenoxy) is 2. The van der Waals surface area contributed by atoms with Crippen molar-refractivity contribution in [2.24, 2.45) is 17.3 Å². The Morgan fingerprint density at radius 3 is 2.60 bits per heavy atom. The largest absolute Gasteiger partial charge is 0.471 e. The summed E-state index contributed by atoms with van der Waals surface area (Å²) in [5.41, 5.74) is -0.637. The summed E-state index contributed by atoms with van der Waals surface area (Å²) in [6.07, 6.45) is 0.309. The molecule has 0 unspecified atom stereocenters. The van der Waals surface area contributed by atoms with Gasteiger partial charge >= 0.3 is 6.09 Å². The third-order valence-corrected chi connectivity index (χ3v) is 9.08. The molecule has 6 atom stereocenters. The second kappa shape index (κ2) is 12.5. The average Bonchev–Trinajstić information content (AvgIpc) is 3.63. The van der Waals surface area contributed by atoms with Crippen molar-refractivity contribution in [2.75, 3.05) is 6.54 Å². The first-order chi connectivity index (χ1) is 21.2. The van der Waals surface area contributed by atoms with Gasteiger partial charge in [-0.2, -0.15) is 14.0 Å². The number of hydrogen-bond acceptors (Lipinski definition) is 8. The molecule has 1 aromatic carbocycles. The number of amides is 2. The lowest BCUT2D eigenvalue weighted by molar-refractivity contribution is -0.142. The first-order valence-corrected chi connectivity index (χ1v) is 15.8. The SMILES string of the molecule is CCCC(=O)[C@@H]1[C@H](C)[C@@H]2CN1C(=O)[C@H](C(C)(C)C)NC(=O)O[C@@H]1C[C@H]1CCCCC(F)(F)c1nc3ccc(C#N)cc3nc1O2. The third-order valence-electron chi connectivity index (χ3n) is 9.08. The minimum absolute atomic E-state index is 0.0666. The van der Waals surface area contributed by atoms with E-state index in [1.54, 1.807) is 6.92 Å². The van der Waals surface area contributed by atoms with Crippen LogP contribution in [0.25, 0.3) is 11.0 Å². The van der Waals surface area contributed by atoms with E-state index in [2.05, 4.69) is 15.3 Å². The number of aromatic nitrogens is 2. The molecule has 1 aromatic heterocycles. The maximum absolute atomic E-state index is 15.9. The molecule has 1 saturated heterocycles. The van der Waals surface area contributed by atoms with Crippen LogP contribution in [0, 0.1) is 28.6 Å². The number of nitrogens with one attached hydrogen (secondary N) is 1. The van der Waals surface area contributed by atoms with Crippen LogP contribution < -0.4 is 10.1 Å². The Balaban J connectivity index is 1.59. The van der Waals surface area contributed by atoms with Crippen molar-refractivity contribution in [1.29, 1.82) is 5.26 Å². The molecule has 0 spiro atoms. The summed E-state index contributed by atoms with van der Waals surface area (Å²) in [4.78, 5) is 50.8. The van der Waals surface area contributed by atoms with Gasteiger partial charge in [0, 0.05) is 18.8 Å². The van der Waals surface area contributed by atoms with E-state index in [1.165, 1.54) is 23.1 Å². The van der Waals surface area contributed by atoms with Crippen molar-refractivity contribution in [1.82, 2.24) is 20.2 Å². The average molecular weight is 626 g/mol. The number of nitrogens with zero attached hydrogens (tertiary/aromatic N) is 4. The number of benzene rings is 1. The van der Waals surface area contributed by atoms with Crippen LogP contribution in [-0.2, 0) is 20.2 Å². The lowest BCUT2D eigenvalue weighted by Crippen LogP contribution is -2.57. The predicted octanol–water partition coefficient (Wildman–Crippen LogP) is 5.66. The zero-order valence-electron chi connectivity index (χ0n) is 26.4. The van der Waals surface area contributed by atoms with Gasteiger partial charge in [0.2, 0.25) is 11.8 Å². The first-order valence-electron chi connectivity index (χ1n) is 15.8. The minimum atomic E-state index is -3.39. The molecule has 45 heavy (non-hydrogen) atoms. The van der Waals surface area contributed by atoms with Crippen LogP contribution in [0.4, 0.5) is 13.6 Å². The van der Waals surface area contributed by atoms with Gasteiger partial charge in [-0.15, -0.1) is 0 Å². The molecule has 3 aliphatic rings. The van der Waals surface area contributed by atoms with Crippen LogP contribution in [0.15, 0.2) is 18.2 Å². The Labute approximate surface area is 261 Å². The summed E-state index contributed by atoms with van der Waals surface area (Å²) in [6.45, 7) is 8.96. The number of carbonyl (C=O) groups is 3. The van der Waals surface area contributed by atoms with Gasteiger partial charge < -0.3 is 19.7 Å². The predicted molar refractivity (Wildman–Crippen MR) is 160 cm³/mol. The fourth-order valence-electron chi connectivity index (χ4n) is 6.41. The van der Waals surface area contributed by atoms with Crippen molar-refractivity contribution in [3.05, 3.63) is 29.5 Å². The molecule has 5 rings (SSSR count). The van der Waals surface area contributed by atoms with Gasteiger partial charge in [0.05, 0.1) is 35.3 Å². The highest BCUT2D eigenvalue weighted by atomic mass is 19.3. The van der Waals surface area contributed by atoms with Crippen molar-refractivity contribution >= 4 is 28.8 Å². The number of ketones is 1. The molecule has 242 valence electrons. The van der Waals surface area contributed by atoms with E-state index in [0.29, 0.717) is 25.7 Å². The topological polar surface area (TPSA) is 135 Å². The zero-order chi connectivity index (χ0) is 32.7. The molecular weight excluding hydrogens is 584 g/mol. The normalized spacial score (nSPS) is 28.8. The van der Waals surface area contributed by atoms with Crippen LogP contribution in [0.2, 0.25) is 0 Å². The van der Waals surface area contributed by atoms with E-state index >= 15 is 8.78 Å². The van der Waals surface area contributed by atoms with Gasteiger partial charge in [0.1, 0.15) is 18.2 Å². The van der Waals surface area contributed by atoms with Crippen LogP contribution in [-0.4, -0.2) is 63.5 Å². The van der Waals surface area contributed by atoms with Gasteiger partial charge in [-0.1, -0.05) is 41.0 Å². The maximum atomic E-state index is 15.9. The standard InChI is InChI=1S/C33H41F2N5O5/c1-6-9-23(41)26-18(2)25-17-40(26)30(42)28(32(3,4)5)39-31(43)45-24-15-20(24)10-7-8-13-33(34,35)27-29(44-25)38-22-14-19(16-36)11-12-21(22)37-27/h11-12,14,18,20,24-26,28H,6-10,13,15,17H2,1-5H3,(H,39,43)/t18-,20-,24-,25+,26+,28-/m1/s1. The summed E-state index contributed by atoms with van der Waals surface area (Å²) in [5.74, 6) is -4.94. The van der Waals surface area contributed by atoms with Gasteiger partial charge in [-0.3, -0.25) is 9.59 Å². The van der Waals surface area contributed by atoms with Crippen LogP contribution in [0.5, 0.6) is 5.88 Å². The summed E-state index contributed by atoms with van der Waals surface area (Å²) in [7, 11) is 0. The number of nitriles is 1. The van der Waals surface area contributed by atoms with E-state index in [1.807, 2.05) is 33.8 Å². The van der Waals surface area contributed by atoms with Crippen molar-refractivity contribution < 1.29 is 32.6 Å². The van der Waals surface area contributed by atoms with Crippen molar-refractivity contribution in [2.45, 2.75) is 110 Å². The number of hydrogen-bond donors (Lipinski definition) is 1. The maximum Gasteiger partial charge on any atom is 0.408 e. The lowest BCUT2D eigenvalue weighted by atomic mass is 9.85. The fraction of sp³-hybridized carbons (Fsp3) is 0.636. The third kappa shape index (κ3) is 6.87. The fourth-order valence-corrected chi connectivity index (χ4v) is 6.41. The molecule has 1 N–H and O–H groups in total. The van der Waals surface area contributed by atoms with Crippen molar-refractivity contribution in [3.8, 4) is 11.9 Å². The molecule has 2 amide bonds. The number of halogens is 2. The van der Waals surface area contributed by atoms with E-state index < -0.39 is 59.6 Å². The molecule has 1 saturated carbocycles. The number of fused-ring (bicyclic) bond motifs is 5. The highest BCUT2D eigenvalue weighted by molar-refractivity contribution is 5.93. The first kappa shape index (κ1) is 32.5. The van der Waals surface area contributed by atoms with E-state index in [0.717, 1.165) is 0 Å². The van der Waals surface area contributed by atoms with Crippen LogP contribution in [0.1, 0.15) is 90.8 Å². The lowest BCUT2D eigenvalue weighted by Gasteiger charge is -2.35. The van der Waals surface area contributed by atoms with Gasteiger partial charge in [0.25, 0.3) is 5.92 Å². The van der Waals surface area contributed by atoms with Gasteiger partial charge in [-0.05, 0) is 55.2 Å².